The average Bonchev–Trinajstić information content (AvgIpc) is 3.06. The molecule has 0 atom stereocenters. The van der Waals surface area contributed by atoms with Crippen LogP contribution in [0.5, 0.6) is 5.75 Å². The molecule has 22 heavy (non-hydrogen) atoms. The van der Waals surface area contributed by atoms with E-state index < -0.39 is 0 Å². The summed E-state index contributed by atoms with van der Waals surface area (Å²) < 4.78 is 5.30. The van der Waals surface area contributed by atoms with Crippen molar-refractivity contribution >= 4 is 34.3 Å². The number of aromatic nitrogens is 1. The number of carbonyl (C=O) groups is 1. The maximum absolute atomic E-state index is 12.2. The first-order chi connectivity index (χ1) is 10.8. The Labute approximate surface area is 134 Å². The van der Waals surface area contributed by atoms with Gasteiger partial charge in [-0.25, -0.2) is 0 Å². The minimum absolute atomic E-state index is 0.0251. The summed E-state index contributed by atoms with van der Waals surface area (Å²) in [4.78, 5) is 16.6. The number of fused-ring (bicyclic) bond motifs is 1. The third-order valence-corrected chi connectivity index (χ3v) is 5.31. The first-order valence-corrected chi connectivity index (χ1v) is 8.65. The van der Waals surface area contributed by atoms with Gasteiger partial charge in [0.25, 0.3) is 0 Å². The number of methoxy groups -OCH3 is 1. The molecule has 1 aromatic carbocycles. The van der Waals surface area contributed by atoms with Crippen LogP contribution in [0.25, 0.3) is 10.9 Å². The molecule has 1 heterocycles. The van der Waals surface area contributed by atoms with Gasteiger partial charge in [0.15, 0.2) is 0 Å². The Bertz CT molecular complexity index is 669. The number of thioether (sulfide) groups is 1. The third-order valence-electron chi connectivity index (χ3n) is 3.94. The number of benzene rings is 1. The highest BCUT2D eigenvalue weighted by molar-refractivity contribution is 8.00. The first kappa shape index (κ1) is 15.2. The van der Waals surface area contributed by atoms with Crippen LogP contribution in [0.2, 0.25) is 0 Å². The second-order valence-corrected chi connectivity index (χ2v) is 6.80. The summed E-state index contributed by atoms with van der Waals surface area (Å²) in [7, 11) is 1.62. The maximum Gasteiger partial charge on any atom is 0.234 e. The number of rotatable bonds is 5. The summed E-state index contributed by atoms with van der Waals surface area (Å²) >= 11 is 1.76. The molecule has 1 saturated carbocycles. The van der Waals surface area contributed by atoms with E-state index in [0.717, 1.165) is 16.7 Å². The smallest absolute Gasteiger partial charge is 0.234 e. The molecule has 3 rings (SSSR count). The summed E-state index contributed by atoms with van der Waals surface area (Å²) in [6.45, 7) is 0. The molecule has 0 spiro atoms. The van der Waals surface area contributed by atoms with Crippen molar-refractivity contribution in [2.45, 2.75) is 30.9 Å². The zero-order chi connectivity index (χ0) is 15.4. The average molecular weight is 316 g/mol. The lowest BCUT2D eigenvalue weighted by molar-refractivity contribution is -0.113. The highest BCUT2D eigenvalue weighted by atomic mass is 32.2. The zero-order valence-electron chi connectivity index (χ0n) is 12.7. The van der Waals surface area contributed by atoms with Crippen molar-refractivity contribution in [3.05, 3.63) is 30.5 Å². The van der Waals surface area contributed by atoms with Crippen molar-refractivity contribution in [1.29, 1.82) is 0 Å². The second kappa shape index (κ2) is 7.01. The third kappa shape index (κ3) is 3.53. The van der Waals surface area contributed by atoms with Crippen molar-refractivity contribution in [2.24, 2.45) is 0 Å². The molecule has 0 aliphatic heterocycles. The van der Waals surface area contributed by atoms with Gasteiger partial charge in [0.2, 0.25) is 5.91 Å². The van der Waals surface area contributed by atoms with E-state index in [1.165, 1.54) is 25.7 Å². The van der Waals surface area contributed by atoms with Gasteiger partial charge in [0.05, 0.1) is 24.1 Å². The Balaban J connectivity index is 1.73. The number of carbonyl (C=O) groups excluding carboxylic acids is 1. The molecule has 5 heteroatoms. The Morgan fingerprint density at radius 3 is 3.00 bits per heavy atom. The van der Waals surface area contributed by atoms with E-state index in [0.29, 0.717) is 16.7 Å². The lowest BCUT2D eigenvalue weighted by Crippen LogP contribution is -2.16. The van der Waals surface area contributed by atoms with Crippen LogP contribution < -0.4 is 10.1 Å². The molecule has 116 valence electrons. The van der Waals surface area contributed by atoms with Crippen LogP contribution in [0.1, 0.15) is 25.7 Å². The molecule has 0 unspecified atom stereocenters. The monoisotopic (exact) mass is 316 g/mol. The van der Waals surface area contributed by atoms with Crippen molar-refractivity contribution in [2.75, 3.05) is 18.2 Å². The summed E-state index contributed by atoms with van der Waals surface area (Å²) in [5.74, 6) is 1.24. The van der Waals surface area contributed by atoms with Crippen LogP contribution in [-0.4, -0.2) is 29.0 Å². The lowest BCUT2D eigenvalue weighted by Gasteiger charge is -2.12. The molecule has 1 amide bonds. The van der Waals surface area contributed by atoms with E-state index in [1.54, 1.807) is 25.1 Å². The number of amides is 1. The van der Waals surface area contributed by atoms with Gasteiger partial charge in [-0.05, 0) is 25.0 Å². The highest BCUT2D eigenvalue weighted by Crippen LogP contribution is 2.30. The highest BCUT2D eigenvalue weighted by Gasteiger charge is 2.17. The van der Waals surface area contributed by atoms with Gasteiger partial charge >= 0.3 is 0 Å². The van der Waals surface area contributed by atoms with Gasteiger partial charge < -0.3 is 10.1 Å². The van der Waals surface area contributed by atoms with Crippen LogP contribution in [-0.2, 0) is 4.79 Å². The van der Waals surface area contributed by atoms with E-state index in [4.69, 9.17) is 4.74 Å². The fourth-order valence-electron chi connectivity index (χ4n) is 2.81. The largest absolute Gasteiger partial charge is 0.497 e. The van der Waals surface area contributed by atoms with Gasteiger partial charge in [-0.2, -0.15) is 0 Å². The Kier molecular flexibility index (Phi) is 4.83. The molecule has 1 aliphatic rings. The fraction of sp³-hybridized carbons (Fsp3) is 0.412. The van der Waals surface area contributed by atoms with Crippen molar-refractivity contribution in [1.82, 2.24) is 4.98 Å². The number of nitrogens with zero attached hydrogens (tertiary/aromatic N) is 1. The molecule has 0 radical (unpaired) electrons. The van der Waals surface area contributed by atoms with E-state index in [2.05, 4.69) is 10.3 Å². The van der Waals surface area contributed by atoms with Gasteiger partial charge in [0, 0.05) is 22.9 Å². The van der Waals surface area contributed by atoms with E-state index in [1.807, 2.05) is 24.3 Å². The van der Waals surface area contributed by atoms with Crippen LogP contribution >= 0.6 is 11.8 Å². The fourth-order valence-corrected chi connectivity index (χ4v) is 3.94. The summed E-state index contributed by atoms with van der Waals surface area (Å²) in [6.07, 6.45) is 6.80. The van der Waals surface area contributed by atoms with E-state index >= 15 is 0 Å². The maximum atomic E-state index is 12.2. The van der Waals surface area contributed by atoms with Gasteiger partial charge in [0.1, 0.15) is 5.75 Å². The Hall–Kier alpha value is -1.75. The number of nitrogens with one attached hydrogen (secondary N) is 1. The lowest BCUT2D eigenvalue weighted by atomic mass is 10.2. The topological polar surface area (TPSA) is 51.2 Å². The zero-order valence-corrected chi connectivity index (χ0v) is 13.5. The number of ether oxygens (including phenoxy) is 1. The van der Waals surface area contributed by atoms with Gasteiger partial charge in [-0.15, -0.1) is 11.8 Å². The predicted octanol–water partition coefficient (Wildman–Crippen LogP) is 3.86. The second-order valence-electron chi connectivity index (χ2n) is 5.52. The number of anilines is 1. The van der Waals surface area contributed by atoms with Crippen molar-refractivity contribution < 1.29 is 9.53 Å². The normalized spacial score (nSPS) is 15.1. The number of hydrogen-bond donors (Lipinski definition) is 1. The van der Waals surface area contributed by atoms with E-state index in [9.17, 15) is 4.79 Å². The predicted molar refractivity (Wildman–Crippen MR) is 91.6 cm³/mol. The standard InChI is InChI=1S/C17H20N2O2S/c1-21-13-9-12-5-4-8-18-17(12)15(10-13)19-16(20)11-22-14-6-2-3-7-14/h4-5,8-10,14H,2-3,6-7,11H2,1H3,(H,19,20). The van der Waals surface area contributed by atoms with Crippen LogP contribution in [0.15, 0.2) is 30.5 Å². The summed E-state index contributed by atoms with van der Waals surface area (Å²) in [5.41, 5.74) is 1.51. The molecule has 1 fully saturated rings. The van der Waals surface area contributed by atoms with Gasteiger partial charge in [-0.1, -0.05) is 18.9 Å². The minimum Gasteiger partial charge on any atom is -0.497 e. The Morgan fingerprint density at radius 2 is 2.23 bits per heavy atom. The molecule has 4 nitrogen and oxygen atoms in total. The minimum atomic E-state index is 0.0251. The molecule has 1 aromatic heterocycles. The molecular weight excluding hydrogens is 296 g/mol. The van der Waals surface area contributed by atoms with Crippen molar-refractivity contribution in [3.8, 4) is 5.75 Å². The van der Waals surface area contributed by atoms with Crippen LogP contribution in [0.4, 0.5) is 5.69 Å². The van der Waals surface area contributed by atoms with E-state index in [-0.39, 0.29) is 5.91 Å². The quantitative estimate of drug-likeness (QED) is 0.910. The molecule has 0 saturated heterocycles. The van der Waals surface area contributed by atoms with Crippen LogP contribution in [0, 0.1) is 0 Å². The Morgan fingerprint density at radius 1 is 1.41 bits per heavy atom. The summed E-state index contributed by atoms with van der Waals surface area (Å²) in [6, 6.07) is 7.59. The van der Waals surface area contributed by atoms with Crippen LogP contribution in [0.3, 0.4) is 0 Å². The number of pyridine rings is 1. The molecule has 0 bridgehead atoms. The molecule has 2 aromatic rings. The molecule has 1 N–H and O–H groups in total. The summed E-state index contributed by atoms with van der Waals surface area (Å²) in [5, 5.41) is 4.58. The SMILES string of the molecule is COc1cc(NC(=O)CSC2CCCC2)c2ncccc2c1. The molecule has 1 aliphatic carbocycles. The number of hydrogen-bond acceptors (Lipinski definition) is 4. The molecular formula is C17H20N2O2S. The van der Waals surface area contributed by atoms with Gasteiger partial charge in [-0.3, -0.25) is 9.78 Å². The first-order valence-electron chi connectivity index (χ1n) is 7.60. The van der Waals surface area contributed by atoms with Crippen molar-refractivity contribution in [3.63, 3.8) is 0 Å².